The Labute approximate surface area is 161 Å². The molecular formula is C19H19ClN4OS. The summed E-state index contributed by atoms with van der Waals surface area (Å²) in [4.78, 5) is 12.2. The first-order chi connectivity index (χ1) is 12.7. The van der Waals surface area contributed by atoms with Gasteiger partial charge >= 0.3 is 0 Å². The lowest BCUT2D eigenvalue weighted by Crippen LogP contribution is -2.24. The largest absolute Gasteiger partial charge is 0.351 e. The van der Waals surface area contributed by atoms with E-state index in [1.165, 1.54) is 11.8 Å². The van der Waals surface area contributed by atoms with Crippen LogP contribution in [0, 0.1) is 0 Å². The number of aromatic nitrogens is 3. The van der Waals surface area contributed by atoms with E-state index >= 15 is 0 Å². The maximum absolute atomic E-state index is 12.2. The molecule has 0 aliphatic carbocycles. The van der Waals surface area contributed by atoms with Crippen molar-refractivity contribution >= 4 is 29.3 Å². The van der Waals surface area contributed by atoms with Crippen LogP contribution in [0.2, 0.25) is 5.02 Å². The minimum Gasteiger partial charge on any atom is -0.351 e. The normalized spacial score (nSPS) is 10.7. The lowest BCUT2D eigenvalue weighted by molar-refractivity contribution is -0.118. The van der Waals surface area contributed by atoms with Crippen LogP contribution in [0.3, 0.4) is 0 Å². The molecule has 134 valence electrons. The Morgan fingerprint density at radius 3 is 2.58 bits per heavy atom. The predicted molar refractivity (Wildman–Crippen MR) is 105 cm³/mol. The van der Waals surface area contributed by atoms with Crippen molar-refractivity contribution in [3.05, 3.63) is 71.0 Å². The van der Waals surface area contributed by atoms with E-state index in [4.69, 9.17) is 11.6 Å². The summed E-state index contributed by atoms with van der Waals surface area (Å²) in [6, 6.07) is 17.4. The average Bonchev–Trinajstić information content (AvgIpc) is 3.09. The number of carbonyl (C=O) groups excluding carboxylic acids is 1. The van der Waals surface area contributed by atoms with Gasteiger partial charge in [0.15, 0.2) is 5.16 Å². The number of rotatable bonds is 7. The molecule has 0 atom stereocenters. The summed E-state index contributed by atoms with van der Waals surface area (Å²) in [5, 5.41) is 12.7. The number of halogens is 1. The lowest BCUT2D eigenvalue weighted by atomic mass is 10.2. The number of para-hydroxylation sites is 1. The molecule has 7 heteroatoms. The molecule has 0 unspecified atom stereocenters. The fraction of sp³-hybridized carbons (Fsp3) is 0.211. The van der Waals surface area contributed by atoms with Crippen molar-refractivity contribution in [1.82, 2.24) is 20.1 Å². The summed E-state index contributed by atoms with van der Waals surface area (Å²) in [5.41, 5.74) is 1.89. The smallest absolute Gasteiger partial charge is 0.230 e. The van der Waals surface area contributed by atoms with Gasteiger partial charge in [-0.1, -0.05) is 66.7 Å². The SMILES string of the molecule is CCc1nnc(SCC(=O)NCc2ccccc2Cl)n1-c1ccccc1. The zero-order valence-electron chi connectivity index (χ0n) is 14.4. The second-order valence-electron chi connectivity index (χ2n) is 5.58. The Balaban J connectivity index is 1.64. The number of nitrogens with one attached hydrogen (secondary N) is 1. The number of hydrogen-bond acceptors (Lipinski definition) is 4. The standard InChI is InChI=1S/C19H19ClN4OS/c1-2-17-22-23-19(24(17)15-9-4-3-5-10-15)26-13-18(25)21-12-14-8-6-7-11-16(14)20/h3-11H,2,12-13H2,1H3,(H,21,25). The minimum absolute atomic E-state index is 0.0735. The highest BCUT2D eigenvalue weighted by Gasteiger charge is 2.14. The molecule has 5 nitrogen and oxygen atoms in total. The Kier molecular flexibility index (Phi) is 6.30. The van der Waals surface area contributed by atoms with Gasteiger partial charge in [-0.2, -0.15) is 0 Å². The van der Waals surface area contributed by atoms with Crippen LogP contribution in [-0.2, 0) is 17.8 Å². The van der Waals surface area contributed by atoms with Crippen LogP contribution in [0.4, 0.5) is 0 Å². The summed E-state index contributed by atoms with van der Waals surface area (Å²) >= 11 is 7.48. The molecule has 1 aromatic heterocycles. The summed E-state index contributed by atoms with van der Waals surface area (Å²) in [7, 11) is 0. The van der Waals surface area contributed by atoms with Gasteiger partial charge in [0.05, 0.1) is 5.75 Å². The van der Waals surface area contributed by atoms with Crippen molar-refractivity contribution in [3.63, 3.8) is 0 Å². The molecule has 0 aliphatic rings. The maximum atomic E-state index is 12.2. The van der Waals surface area contributed by atoms with Crippen LogP contribution in [0.15, 0.2) is 59.8 Å². The molecule has 0 spiro atoms. The Hall–Kier alpha value is -2.31. The molecule has 0 saturated heterocycles. The van der Waals surface area contributed by atoms with E-state index in [0.717, 1.165) is 23.5 Å². The van der Waals surface area contributed by atoms with Crippen molar-refractivity contribution in [3.8, 4) is 5.69 Å². The monoisotopic (exact) mass is 386 g/mol. The summed E-state index contributed by atoms with van der Waals surface area (Å²) in [6.07, 6.45) is 0.765. The third kappa shape index (κ3) is 4.45. The first kappa shape index (κ1) is 18.5. The Morgan fingerprint density at radius 2 is 1.85 bits per heavy atom. The van der Waals surface area contributed by atoms with Crippen molar-refractivity contribution in [2.45, 2.75) is 25.0 Å². The third-order valence-corrected chi connectivity index (χ3v) is 5.09. The van der Waals surface area contributed by atoms with E-state index in [9.17, 15) is 4.79 Å². The van der Waals surface area contributed by atoms with Gasteiger partial charge in [0.25, 0.3) is 0 Å². The van der Waals surface area contributed by atoms with Crippen LogP contribution < -0.4 is 5.32 Å². The van der Waals surface area contributed by atoms with Gasteiger partial charge < -0.3 is 5.32 Å². The molecule has 3 aromatic rings. The van der Waals surface area contributed by atoms with Gasteiger partial charge in [-0.15, -0.1) is 10.2 Å². The van der Waals surface area contributed by atoms with Crippen LogP contribution in [-0.4, -0.2) is 26.4 Å². The van der Waals surface area contributed by atoms with Crippen LogP contribution in [0.1, 0.15) is 18.3 Å². The van der Waals surface area contributed by atoms with Crippen LogP contribution in [0.5, 0.6) is 0 Å². The first-order valence-electron chi connectivity index (χ1n) is 8.31. The molecule has 1 heterocycles. The summed E-state index contributed by atoms with van der Waals surface area (Å²) < 4.78 is 1.99. The maximum Gasteiger partial charge on any atom is 0.230 e. The number of nitrogens with zero attached hydrogens (tertiary/aromatic N) is 3. The topological polar surface area (TPSA) is 59.8 Å². The summed E-state index contributed by atoms with van der Waals surface area (Å²) in [6.45, 7) is 2.44. The molecule has 1 N–H and O–H groups in total. The van der Waals surface area contributed by atoms with E-state index in [1.807, 2.05) is 66.1 Å². The van der Waals surface area contributed by atoms with Gasteiger partial charge in [-0.05, 0) is 23.8 Å². The van der Waals surface area contributed by atoms with Gasteiger partial charge in [0.2, 0.25) is 5.91 Å². The number of amides is 1. The van der Waals surface area contributed by atoms with E-state index in [1.54, 1.807) is 0 Å². The highest BCUT2D eigenvalue weighted by Crippen LogP contribution is 2.22. The third-order valence-electron chi connectivity index (χ3n) is 3.80. The van der Waals surface area contributed by atoms with E-state index in [-0.39, 0.29) is 11.7 Å². The lowest BCUT2D eigenvalue weighted by Gasteiger charge is -2.09. The molecule has 0 radical (unpaired) electrons. The van der Waals surface area contributed by atoms with Crippen molar-refractivity contribution < 1.29 is 4.79 Å². The van der Waals surface area contributed by atoms with Gasteiger partial charge in [-0.3, -0.25) is 9.36 Å². The molecule has 1 amide bonds. The molecule has 3 rings (SSSR count). The molecule has 0 bridgehead atoms. The van der Waals surface area contributed by atoms with Crippen molar-refractivity contribution in [2.24, 2.45) is 0 Å². The zero-order valence-corrected chi connectivity index (χ0v) is 15.9. The van der Waals surface area contributed by atoms with Gasteiger partial charge in [-0.25, -0.2) is 0 Å². The second kappa shape index (κ2) is 8.87. The van der Waals surface area contributed by atoms with Gasteiger partial charge in [0.1, 0.15) is 5.82 Å². The quantitative estimate of drug-likeness (QED) is 0.626. The molecular weight excluding hydrogens is 368 g/mol. The fourth-order valence-electron chi connectivity index (χ4n) is 2.48. The van der Waals surface area contributed by atoms with E-state index < -0.39 is 0 Å². The number of aryl methyl sites for hydroxylation is 1. The van der Waals surface area contributed by atoms with E-state index in [0.29, 0.717) is 16.7 Å². The van der Waals surface area contributed by atoms with E-state index in [2.05, 4.69) is 15.5 Å². The molecule has 0 fully saturated rings. The number of hydrogen-bond donors (Lipinski definition) is 1. The minimum atomic E-state index is -0.0735. The predicted octanol–water partition coefficient (Wildman–Crippen LogP) is 3.89. The zero-order chi connectivity index (χ0) is 18.4. The van der Waals surface area contributed by atoms with Crippen molar-refractivity contribution in [1.29, 1.82) is 0 Å². The summed E-state index contributed by atoms with van der Waals surface area (Å²) in [5.74, 6) is 1.06. The molecule has 0 aliphatic heterocycles. The number of thioether (sulfide) groups is 1. The molecule has 26 heavy (non-hydrogen) atoms. The molecule has 2 aromatic carbocycles. The average molecular weight is 387 g/mol. The van der Waals surface area contributed by atoms with Crippen LogP contribution >= 0.6 is 23.4 Å². The number of carbonyl (C=O) groups is 1. The van der Waals surface area contributed by atoms with Crippen molar-refractivity contribution in [2.75, 3.05) is 5.75 Å². The molecule has 0 saturated carbocycles. The Bertz CT molecular complexity index is 882. The second-order valence-corrected chi connectivity index (χ2v) is 6.93. The Morgan fingerprint density at radius 1 is 1.12 bits per heavy atom. The fourth-order valence-corrected chi connectivity index (χ4v) is 3.48. The first-order valence-corrected chi connectivity index (χ1v) is 9.68. The van der Waals surface area contributed by atoms with Gasteiger partial charge in [0, 0.05) is 23.7 Å². The number of benzene rings is 2. The highest BCUT2D eigenvalue weighted by atomic mass is 35.5. The van der Waals surface area contributed by atoms with Crippen LogP contribution in [0.25, 0.3) is 5.69 Å². The highest BCUT2D eigenvalue weighted by molar-refractivity contribution is 7.99.